The lowest BCUT2D eigenvalue weighted by molar-refractivity contribution is -0.134. The Morgan fingerprint density at radius 1 is 0.861 bits per heavy atom. The van der Waals surface area contributed by atoms with E-state index in [4.69, 9.17) is 4.74 Å². The summed E-state index contributed by atoms with van der Waals surface area (Å²) in [6.07, 6.45) is 12.9. The first-order valence-electron chi connectivity index (χ1n) is 13.8. The maximum absolute atomic E-state index is 13.2. The standard InChI is InChI=1S/C30H42N2O3S/c1-3-5-6-7-11-23-32(30(34)31-24-13-9-8-10-14-24)25-15-19-27(20-16-25)36-28-21-17-26(18-22-28)35-29(33)12-4-2/h15-22,24H,3-14,23H2,1-2H3,(H,31,34). The molecule has 1 fully saturated rings. The molecule has 2 aromatic rings. The highest BCUT2D eigenvalue weighted by Gasteiger charge is 2.21. The third-order valence-electron chi connectivity index (χ3n) is 6.56. The number of benzene rings is 2. The number of urea groups is 1. The predicted octanol–water partition coefficient (Wildman–Crippen LogP) is 8.36. The summed E-state index contributed by atoms with van der Waals surface area (Å²) in [5.74, 6) is 0.377. The fourth-order valence-electron chi connectivity index (χ4n) is 4.51. The van der Waals surface area contributed by atoms with Crippen LogP contribution < -0.4 is 15.0 Å². The van der Waals surface area contributed by atoms with Gasteiger partial charge in [-0.05, 0) is 74.2 Å². The molecule has 1 N–H and O–H groups in total. The zero-order chi connectivity index (χ0) is 25.6. The van der Waals surface area contributed by atoms with Crippen molar-refractivity contribution in [1.82, 2.24) is 5.32 Å². The number of carbonyl (C=O) groups excluding carboxylic acids is 2. The molecule has 0 bridgehead atoms. The number of ether oxygens (including phenoxy) is 1. The molecule has 0 heterocycles. The minimum absolute atomic E-state index is 0.0333. The van der Waals surface area contributed by atoms with E-state index < -0.39 is 0 Å². The predicted molar refractivity (Wildman–Crippen MR) is 149 cm³/mol. The Hall–Kier alpha value is -2.47. The minimum atomic E-state index is -0.198. The summed E-state index contributed by atoms with van der Waals surface area (Å²) in [7, 11) is 0. The first-order valence-corrected chi connectivity index (χ1v) is 14.6. The molecule has 0 aliphatic heterocycles. The molecule has 0 radical (unpaired) electrons. The first kappa shape index (κ1) is 28.1. The lowest BCUT2D eigenvalue weighted by Gasteiger charge is -2.28. The van der Waals surface area contributed by atoms with Crippen LogP contribution >= 0.6 is 11.8 Å². The molecular formula is C30H42N2O3S. The molecule has 1 aliphatic rings. The zero-order valence-corrected chi connectivity index (χ0v) is 22.8. The second-order valence-corrected chi connectivity index (χ2v) is 10.8. The van der Waals surface area contributed by atoms with Gasteiger partial charge in [0.1, 0.15) is 5.75 Å². The number of rotatable bonds is 13. The van der Waals surface area contributed by atoms with E-state index >= 15 is 0 Å². The van der Waals surface area contributed by atoms with Gasteiger partial charge in [-0.25, -0.2) is 4.79 Å². The van der Waals surface area contributed by atoms with Gasteiger partial charge in [-0.3, -0.25) is 9.69 Å². The first-order chi connectivity index (χ1) is 17.6. The van der Waals surface area contributed by atoms with E-state index in [0.717, 1.165) is 54.1 Å². The third-order valence-corrected chi connectivity index (χ3v) is 7.57. The molecule has 1 aliphatic carbocycles. The quantitative estimate of drug-likeness (QED) is 0.167. The topological polar surface area (TPSA) is 58.6 Å². The van der Waals surface area contributed by atoms with E-state index in [-0.39, 0.29) is 12.0 Å². The largest absolute Gasteiger partial charge is 0.427 e. The van der Waals surface area contributed by atoms with Gasteiger partial charge in [-0.15, -0.1) is 0 Å². The van der Waals surface area contributed by atoms with Crippen molar-refractivity contribution in [2.45, 2.75) is 107 Å². The van der Waals surface area contributed by atoms with Crippen LogP contribution in [0.15, 0.2) is 58.3 Å². The molecule has 6 heteroatoms. The average Bonchev–Trinajstić information content (AvgIpc) is 2.89. The van der Waals surface area contributed by atoms with Crippen LogP contribution in [0.1, 0.15) is 90.9 Å². The molecule has 196 valence electrons. The van der Waals surface area contributed by atoms with Crippen molar-refractivity contribution >= 4 is 29.4 Å². The van der Waals surface area contributed by atoms with Gasteiger partial charge in [0.25, 0.3) is 0 Å². The molecule has 0 aromatic heterocycles. The van der Waals surface area contributed by atoms with Crippen molar-refractivity contribution in [3.05, 3.63) is 48.5 Å². The summed E-state index contributed by atoms with van der Waals surface area (Å²) in [5.41, 5.74) is 0.946. The average molecular weight is 511 g/mol. The van der Waals surface area contributed by atoms with E-state index in [1.807, 2.05) is 36.1 Å². The van der Waals surface area contributed by atoms with Crippen LogP contribution in [0.5, 0.6) is 5.75 Å². The van der Waals surface area contributed by atoms with Crippen molar-refractivity contribution in [2.24, 2.45) is 0 Å². The van der Waals surface area contributed by atoms with Crippen LogP contribution in [-0.4, -0.2) is 24.6 Å². The Bertz CT molecular complexity index is 924. The lowest BCUT2D eigenvalue weighted by Crippen LogP contribution is -2.46. The monoisotopic (exact) mass is 510 g/mol. The van der Waals surface area contributed by atoms with Crippen LogP contribution in [0.4, 0.5) is 10.5 Å². The van der Waals surface area contributed by atoms with Gasteiger partial charge in [0.15, 0.2) is 0 Å². The molecule has 0 saturated heterocycles. The highest BCUT2D eigenvalue weighted by Crippen LogP contribution is 2.31. The van der Waals surface area contributed by atoms with Crippen LogP contribution in [0.2, 0.25) is 0 Å². The van der Waals surface area contributed by atoms with E-state index in [1.165, 1.54) is 38.5 Å². The summed E-state index contributed by atoms with van der Waals surface area (Å²) in [5, 5.41) is 3.30. The molecule has 0 unspecified atom stereocenters. The molecule has 0 spiro atoms. The molecule has 2 aromatic carbocycles. The van der Waals surface area contributed by atoms with Crippen LogP contribution in [0, 0.1) is 0 Å². The Morgan fingerprint density at radius 3 is 2.14 bits per heavy atom. The Balaban J connectivity index is 1.61. The fraction of sp³-hybridized carbons (Fsp3) is 0.533. The van der Waals surface area contributed by atoms with Gasteiger partial charge in [0.2, 0.25) is 0 Å². The molecule has 2 amide bonds. The number of anilines is 1. The van der Waals surface area contributed by atoms with E-state index in [9.17, 15) is 9.59 Å². The van der Waals surface area contributed by atoms with Crippen molar-refractivity contribution < 1.29 is 14.3 Å². The van der Waals surface area contributed by atoms with Crippen LogP contribution in [-0.2, 0) is 4.79 Å². The molecule has 5 nitrogen and oxygen atoms in total. The van der Waals surface area contributed by atoms with E-state index in [2.05, 4.69) is 36.5 Å². The van der Waals surface area contributed by atoms with Gasteiger partial charge >= 0.3 is 12.0 Å². The third kappa shape index (κ3) is 9.53. The van der Waals surface area contributed by atoms with Crippen molar-refractivity contribution in [2.75, 3.05) is 11.4 Å². The molecular weight excluding hydrogens is 468 g/mol. The minimum Gasteiger partial charge on any atom is -0.427 e. The van der Waals surface area contributed by atoms with Gasteiger partial charge in [-0.2, -0.15) is 0 Å². The zero-order valence-electron chi connectivity index (χ0n) is 22.0. The molecule has 36 heavy (non-hydrogen) atoms. The van der Waals surface area contributed by atoms with E-state index in [0.29, 0.717) is 18.2 Å². The van der Waals surface area contributed by atoms with Gasteiger partial charge in [-0.1, -0.05) is 70.6 Å². The maximum Gasteiger partial charge on any atom is 0.322 e. The molecule has 0 atom stereocenters. The number of amides is 2. The number of unbranched alkanes of at least 4 members (excludes halogenated alkanes) is 4. The summed E-state index contributed by atoms with van der Waals surface area (Å²) >= 11 is 1.65. The van der Waals surface area contributed by atoms with Crippen molar-refractivity contribution in [1.29, 1.82) is 0 Å². The highest BCUT2D eigenvalue weighted by atomic mass is 32.2. The number of nitrogens with one attached hydrogen (secondary N) is 1. The smallest absolute Gasteiger partial charge is 0.322 e. The number of esters is 1. The van der Waals surface area contributed by atoms with Crippen molar-refractivity contribution in [3.63, 3.8) is 0 Å². The highest BCUT2D eigenvalue weighted by molar-refractivity contribution is 7.99. The van der Waals surface area contributed by atoms with E-state index in [1.54, 1.807) is 11.8 Å². The Morgan fingerprint density at radius 2 is 1.50 bits per heavy atom. The Kier molecular flexibility index (Phi) is 12.2. The molecule has 3 rings (SSSR count). The van der Waals surface area contributed by atoms with Crippen LogP contribution in [0.25, 0.3) is 0 Å². The second kappa shape index (κ2) is 15.6. The SMILES string of the molecule is CCCCCCCN(C(=O)NC1CCCCC1)c1ccc(Sc2ccc(OC(=O)CCC)cc2)cc1. The summed E-state index contributed by atoms with van der Waals surface area (Å²) < 4.78 is 5.34. The normalized spacial score (nSPS) is 13.8. The van der Waals surface area contributed by atoms with Crippen LogP contribution in [0.3, 0.4) is 0 Å². The van der Waals surface area contributed by atoms with Gasteiger partial charge in [0.05, 0.1) is 0 Å². The summed E-state index contributed by atoms with van der Waals surface area (Å²) in [6, 6.07) is 16.2. The second-order valence-electron chi connectivity index (χ2n) is 9.64. The maximum atomic E-state index is 13.2. The van der Waals surface area contributed by atoms with Gasteiger partial charge in [0, 0.05) is 34.5 Å². The number of carbonyl (C=O) groups is 2. The number of hydrogen-bond acceptors (Lipinski definition) is 4. The van der Waals surface area contributed by atoms with Crippen molar-refractivity contribution in [3.8, 4) is 5.75 Å². The summed E-state index contributed by atoms with van der Waals surface area (Å²) in [4.78, 5) is 29.0. The van der Waals surface area contributed by atoms with Gasteiger partial charge < -0.3 is 10.1 Å². The lowest BCUT2D eigenvalue weighted by atomic mass is 9.96. The fourth-order valence-corrected chi connectivity index (χ4v) is 5.33. The molecule has 1 saturated carbocycles. The summed E-state index contributed by atoms with van der Waals surface area (Å²) in [6.45, 7) is 4.93. The number of hydrogen-bond donors (Lipinski definition) is 1. The Labute approximate surface area is 221 Å². The number of nitrogens with zero attached hydrogens (tertiary/aromatic N) is 1.